The molecule has 1 aliphatic rings. The summed E-state index contributed by atoms with van der Waals surface area (Å²) >= 11 is 0. The number of methoxy groups -OCH3 is 1. The van der Waals surface area contributed by atoms with Crippen LogP contribution in [0.3, 0.4) is 0 Å². The van der Waals surface area contributed by atoms with Crippen LogP contribution in [-0.4, -0.2) is 29.2 Å². The molecule has 0 heterocycles. The molecule has 4 aromatic carbocycles. The van der Waals surface area contributed by atoms with Crippen LogP contribution in [0.1, 0.15) is 28.8 Å². The van der Waals surface area contributed by atoms with Crippen molar-refractivity contribution in [3.63, 3.8) is 0 Å². The van der Waals surface area contributed by atoms with E-state index in [0.717, 1.165) is 33.0 Å². The summed E-state index contributed by atoms with van der Waals surface area (Å²) < 4.78 is 5.14. The van der Waals surface area contributed by atoms with E-state index in [4.69, 9.17) is 4.74 Å². The molecule has 1 atom stereocenters. The Hall–Kier alpha value is -4.12. The molecule has 1 aliphatic carbocycles. The van der Waals surface area contributed by atoms with E-state index in [2.05, 4.69) is 0 Å². The van der Waals surface area contributed by atoms with Gasteiger partial charge in [0, 0.05) is 0 Å². The number of amides is 1. The predicted octanol–water partition coefficient (Wildman–Crippen LogP) is 5.80. The zero-order valence-corrected chi connectivity index (χ0v) is 17.4. The number of carbonyl (C=O) groups is 2. The number of fused-ring (bicyclic) bond motifs is 4. The summed E-state index contributed by atoms with van der Waals surface area (Å²) in [5.74, 6) is -1.12. The molecule has 32 heavy (non-hydrogen) atoms. The van der Waals surface area contributed by atoms with Gasteiger partial charge in [-0.25, -0.2) is 9.59 Å². The lowest BCUT2D eigenvalue weighted by molar-refractivity contribution is -0.143. The average molecular weight is 423 g/mol. The van der Waals surface area contributed by atoms with Gasteiger partial charge in [-0.3, -0.25) is 4.90 Å². The normalized spacial score (nSPS) is 13.3. The van der Waals surface area contributed by atoms with Gasteiger partial charge in [-0.2, -0.15) is 0 Å². The molecule has 158 valence electrons. The second-order valence-electron chi connectivity index (χ2n) is 7.76. The molecule has 0 aromatic heterocycles. The first-order valence-corrected chi connectivity index (χ1v) is 10.4. The molecule has 1 amide bonds. The second-order valence-corrected chi connectivity index (χ2v) is 7.76. The van der Waals surface area contributed by atoms with Crippen molar-refractivity contribution in [1.29, 1.82) is 0 Å². The van der Waals surface area contributed by atoms with Crippen LogP contribution < -0.4 is 0 Å². The summed E-state index contributed by atoms with van der Waals surface area (Å²) in [7, 11) is 1.28. The van der Waals surface area contributed by atoms with Crippen LogP contribution in [0.4, 0.5) is 4.79 Å². The summed E-state index contributed by atoms with van der Waals surface area (Å²) in [6, 6.07) is 26.9. The van der Waals surface area contributed by atoms with Gasteiger partial charge in [0.05, 0.1) is 13.2 Å². The fraction of sp³-hybridized carbons (Fsp3) is 0.111. The van der Waals surface area contributed by atoms with Crippen LogP contribution >= 0.6 is 0 Å². The van der Waals surface area contributed by atoms with E-state index < -0.39 is 24.1 Å². The van der Waals surface area contributed by atoms with E-state index >= 15 is 0 Å². The van der Waals surface area contributed by atoms with Crippen LogP contribution in [0.15, 0.2) is 91.0 Å². The molecule has 0 aliphatic heterocycles. The van der Waals surface area contributed by atoms with Gasteiger partial charge in [-0.15, -0.1) is 0 Å². The Morgan fingerprint density at radius 1 is 0.812 bits per heavy atom. The Morgan fingerprint density at radius 2 is 1.38 bits per heavy atom. The Morgan fingerprint density at radius 3 is 2.00 bits per heavy atom. The predicted molar refractivity (Wildman–Crippen MR) is 122 cm³/mol. The zero-order valence-electron chi connectivity index (χ0n) is 17.4. The number of benzene rings is 4. The number of carboxylic acid groups (broad SMARTS) is 1. The number of ether oxygens (including phenoxy) is 1. The standard InChI is InChI=1S/C27H21NO4/c1-32-27(31)28(24-22-14-6-4-12-19(22)20-13-5-7-15-23(20)24)25(26(29)30)21-16-8-10-17-9-2-3-11-18(17)21/h2-16,24-25H,1H3,(H,29,30)/t25-/m1/s1. The number of hydrogen-bond acceptors (Lipinski definition) is 3. The number of carboxylic acids is 1. The first-order chi connectivity index (χ1) is 15.6. The molecule has 0 bridgehead atoms. The quantitative estimate of drug-likeness (QED) is 0.450. The van der Waals surface area contributed by atoms with Gasteiger partial charge in [0.2, 0.25) is 0 Å². The molecular formula is C27H21NO4. The molecule has 0 unspecified atom stereocenters. The van der Waals surface area contributed by atoms with Crippen LogP contribution in [0.25, 0.3) is 21.9 Å². The molecule has 0 fully saturated rings. The maximum absolute atomic E-state index is 13.2. The molecule has 4 aromatic rings. The van der Waals surface area contributed by atoms with Crippen LogP contribution in [0.5, 0.6) is 0 Å². The lowest BCUT2D eigenvalue weighted by Crippen LogP contribution is -2.41. The fourth-order valence-electron chi connectivity index (χ4n) is 4.78. The zero-order chi connectivity index (χ0) is 22.2. The highest BCUT2D eigenvalue weighted by atomic mass is 16.5. The third-order valence-corrected chi connectivity index (χ3v) is 6.09. The van der Waals surface area contributed by atoms with Crippen molar-refractivity contribution in [3.8, 4) is 11.1 Å². The molecule has 0 saturated carbocycles. The summed E-state index contributed by atoms with van der Waals surface area (Å²) in [5, 5.41) is 12.1. The summed E-state index contributed by atoms with van der Waals surface area (Å²) in [6.07, 6.45) is -0.693. The monoisotopic (exact) mass is 423 g/mol. The molecule has 0 saturated heterocycles. The van der Waals surface area contributed by atoms with E-state index in [0.29, 0.717) is 5.56 Å². The Kier molecular flexibility index (Phi) is 4.86. The Labute approximate surface area is 185 Å². The average Bonchev–Trinajstić information content (AvgIpc) is 3.16. The van der Waals surface area contributed by atoms with Gasteiger partial charge in [0.25, 0.3) is 0 Å². The minimum Gasteiger partial charge on any atom is -0.479 e. The molecule has 0 spiro atoms. The summed E-state index contributed by atoms with van der Waals surface area (Å²) in [6.45, 7) is 0. The number of rotatable bonds is 4. The second kappa shape index (κ2) is 7.85. The number of nitrogens with zero attached hydrogens (tertiary/aromatic N) is 1. The highest BCUT2D eigenvalue weighted by Crippen LogP contribution is 2.49. The van der Waals surface area contributed by atoms with Gasteiger partial charge in [0.15, 0.2) is 6.04 Å². The molecular weight excluding hydrogens is 402 g/mol. The van der Waals surface area contributed by atoms with Crippen molar-refractivity contribution in [2.24, 2.45) is 0 Å². The minimum atomic E-state index is -1.24. The number of aliphatic carboxylic acids is 1. The van der Waals surface area contributed by atoms with Gasteiger partial charge in [-0.1, -0.05) is 91.0 Å². The van der Waals surface area contributed by atoms with E-state index in [9.17, 15) is 14.7 Å². The van der Waals surface area contributed by atoms with E-state index in [-0.39, 0.29) is 0 Å². The molecule has 0 radical (unpaired) electrons. The topological polar surface area (TPSA) is 66.8 Å². The lowest BCUT2D eigenvalue weighted by Gasteiger charge is -2.34. The number of hydrogen-bond donors (Lipinski definition) is 1. The third kappa shape index (κ3) is 3.02. The molecule has 5 nitrogen and oxygen atoms in total. The molecule has 5 heteroatoms. The fourth-order valence-corrected chi connectivity index (χ4v) is 4.78. The SMILES string of the molecule is COC(=O)N(C1c2ccccc2-c2ccccc21)[C@@H](C(=O)O)c1cccc2ccccc12. The highest BCUT2D eigenvalue weighted by molar-refractivity contribution is 5.93. The highest BCUT2D eigenvalue weighted by Gasteiger charge is 2.43. The minimum absolute atomic E-state index is 0.544. The van der Waals surface area contributed by atoms with Crippen LogP contribution in [-0.2, 0) is 9.53 Å². The van der Waals surface area contributed by atoms with Gasteiger partial charge < -0.3 is 9.84 Å². The van der Waals surface area contributed by atoms with E-state index in [1.165, 1.54) is 12.0 Å². The van der Waals surface area contributed by atoms with Crippen molar-refractivity contribution in [3.05, 3.63) is 108 Å². The summed E-state index contributed by atoms with van der Waals surface area (Å²) in [4.78, 5) is 27.3. The van der Waals surface area contributed by atoms with Gasteiger partial charge in [-0.05, 0) is 38.6 Å². The lowest BCUT2D eigenvalue weighted by atomic mass is 9.94. The number of carbonyl (C=O) groups excluding carboxylic acids is 1. The third-order valence-electron chi connectivity index (χ3n) is 6.09. The van der Waals surface area contributed by atoms with Crippen molar-refractivity contribution < 1.29 is 19.4 Å². The molecule has 1 N–H and O–H groups in total. The van der Waals surface area contributed by atoms with Gasteiger partial charge >= 0.3 is 12.1 Å². The maximum atomic E-state index is 13.2. The maximum Gasteiger partial charge on any atom is 0.411 e. The van der Waals surface area contributed by atoms with Crippen LogP contribution in [0, 0.1) is 0 Å². The largest absolute Gasteiger partial charge is 0.479 e. The first kappa shape index (κ1) is 19.8. The Bertz CT molecular complexity index is 1300. The van der Waals surface area contributed by atoms with Crippen molar-refractivity contribution in [2.75, 3.05) is 7.11 Å². The summed E-state index contributed by atoms with van der Waals surface area (Å²) in [5.41, 5.74) is 4.28. The van der Waals surface area contributed by atoms with E-state index in [1.54, 1.807) is 6.07 Å². The Balaban J connectivity index is 1.77. The van der Waals surface area contributed by atoms with Crippen molar-refractivity contribution >= 4 is 22.8 Å². The van der Waals surface area contributed by atoms with Crippen molar-refractivity contribution in [1.82, 2.24) is 4.90 Å². The molecule has 5 rings (SSSR count). The van der Waals surface area contributed by atoms with Gasteiger partial charge in [0.1, 0.15) is 0 Å². The smallest absolute Gasteiger partial charge is 0.411 e. The van der Waals surface area contributed by atoms with E-state index in [1.807, 2.05) is 84.9 Å². The van der Waals surface area contributed by atoms with Crippen molar-refractivity contribution in [2.45, 2.75) is 12.1 Å². The first-order valence-electron chi connectivity index (χ1n) is 10.4. The van der Waals surface area contributed by atoms with Crippen LogP contribution in [0.2, 0.25) is 0 Å².